The highest BCUT2D eigenvalue weighted by atomic mass is 19.2. The van der Waals surface area contributed by atoms with Crippen molar-refractivity contribution in [3.05, 3.63) is 35.4 Å². The van der Waals surface area contributed by atoms with E-state index in [4.69, 9.17) is 5.11 Å². The van der Waals surface area contributed by atoms with Crippen LogP contribution in [0.2, 0.25) is 0 Å². The van der Waals surface area contributed by atoms with Gasteiger partial charge < -0.3 is 5.11 Å². The number of carbonyl (C=O) groups excluding carboxylic acids is 1. The molecule has 0 fully saturated rings. The van der Waals surface area contributed by atoms with Crippen molar-refractivity contribution in [2.24, 2.45) is 0 Å². The van der Waals surface area contributed by atoms with Gasteiger partial charge in [0.05, 0.1) is 12.6 Å². The third-order valence-electron chi connectivity index (χ3n) is 2.70. The van der Waals surface area contributed by atoms with Gasteiger partial charge in [0, 0.05) is 12.1 Å². The molecule has 0 heterocycles. The molecule has 5 heteroatoms. The number of halogens is 2. The quantitative estimate of drug-likeness (QED) is 0.796. The van der Waals surface area contributed by atoms with Gasteiger partial charge in [0.25, 0.3) is 0 Å². The van der Waals surface area contributed by atoms with Crippen LogP contribution in [0, 0.1) is 11.6 Å². The van der Waals surface area contributed by atoms with Gasteiger partial charge in [-0.15, -0.1) is 0 Å². The maximum atomic E-state index is 13.0. The average molecular weight is 243 g/mol. The second-order valence-corrected chi connectivity index (χ2v) is 3.87. The first kappa shape index (κ1) is 13.7. The summed E-state index contributed by atoms with van der Waals surface area (Å²) in [7, 11) is 1.68. The SMILES string of the molecule is CC(C(=O)c1ccc(F)c(F)c1)N(C)CCO. The molecular weight excluding hydrogens is 228 g/mol. The van der Waals surface area contributed by atoms with Crippen LogP contribution in [0.4, 0.5) is 8.78 Å². The van der Waals surface area contributed by atoms with E-state index in [2.05, 4.69) is 0 Å². The first-order chi connectivity index (χ1) is 7.97. The van der Waals surface area contributed by atoms with E-state index in [1.165, 1.54) is 6.07 Å². The molecule has 1 unspecified atom stereocenters. The van der Waals surface area contributed by atoms with Crippen LogP contribution in [-0.4, -0.2) is 42.0 Å². The van der Waals surface area contributed by atoms with Gasteiger partial charge in [-0.1, -0.05) is 0 Å². The Balaban J connectivity index is 2.85. The fourth-order valence-electron chi connectivity index (χ4n) is 1.44. The molecule has 0 amide bonds. The molecule has 0 radical (unpaired) electrons. The number of likely N-dealkylation sites (N-methyl/N-ethyl adjacent to an activating group) is 1. The summed E-state index contributed by atoms with van der Waals surface area (Å²) >= 11 is 0. The number of Topliss-reactive ketones (excluding diaryl/α,β-unsaturated/α-hetero) is 1. The van der Waals surface area contributed by atoms with Crippen LogP contribution in [0.3, 0.4) is 0 Å². The molecule has 0 aliphatic carbocycles. The molecule has 1 atom stereocenters. The molecule has 0 bridgehead atoms. The van der Waals surface area contributed by atoms with Crippen LogP contribution in [-0.2, 0) is 0 Å². The Hall–Kier alpha value is -1.33. The van der Waals surface area contributed by atoms with Gasteiger partial charge in [-0.05, 0) is 32.2 Å². The van der Waals surface area contributed by atoms with Gasteiger partial charge in [-0.25, -0.2) is 8.78 Å². The molecule has 0 aliphatic rings. The van der Waals surface area contributed by atoms with Crippen molar-refractivity contribution in [1.29, 1.82) is 0 Å². The summed E-state index contributed by atoms with van der Waals surface area (Å²) in [5.74, 6) is -2.31. The first-order valence-corrected chi connectivity index (χ1v) is 5.27. The lowest BCUT2D eigenvalue weighted by atomic mass is 10.0. The van der Waals surface area contributed by atoms with Crippen molar-refractivity contribution in [2.45, 2.75) is 13.0 Å². The van der Waals surface area contributed by atoms with Crippen molar-refractivity contribution >= 4 is 5.78 Å². The van der Waals surface area contributed by atoms with Crippen LogP contribution in [0.15, 0.2) is 18.2 Å². The van der Waals surface area contributed by atoms with Gasteiger partial charge >= 0.3 is 0 Å². The smallest absolute Gasteiger partial charge is 0.179 e. The molecule has 0 saturated heterocycles. The van der Waals surface area contributed by atoms with Crippen LogP contribution in [0.25, 0.3) is 0 Å². The Morgan fingerprint density at radius 3 is 2.59 bits per heavy atom. The lowest BCUT2D eigenvalue weighted by Gasteiger charge is -2.22. The average Bonchev–Trinajstić information content (AvgIpc) is 2.31. The molecule has 0 spiro atoms. The lowest BCUT2D eigenvalue weighted by Crippen LogP contribution is -2.37. The number of nitrogens with zero attached hydrogens (tertiary/aromatic N) is 1. The van der Waals surface area contributed by atoms with Crippen LogP contribution >= 0.6 is 0 Å². The topological polar surface area (TPSA) is 40.5 Å². The monoisotopic (exact) mass is 243 g/mol. The zero-order valence-electron chi connectivity index (χ0n) is 9.78. The molecule has 0 aromatic heterocycles. The van der Waals surface area contributed by atoms with E-state index < -0.39 is 17.7 Å². The second kappa shape index (κ2) is 5.84. The summed E-state index contributed by atoms with van der Waals surface area (Å²) in [4.78, 5) is 13.6. The summed E-state index contributed by atoms with van der Waals surface area (Å²) < 4.78 is 25.7. The Kier molecular flexibility index (Phi) is 4.72. The third kappa shape index (κ3) is 3.31. The number of hydrogen-bond acceptors (Lipinski definition) is 3. The third-order valence-corrected chi connectivity index (χ3v) is 2.70. The van der Waals surface area contributed by atoms with Gasteiger partial charge in [0.15, 0.2) is 17.4 Å². The molecule has 1 aromatic carbocycles. The number of aliphatic hydroxyl groups is 1. The van der Waals surface area contributed by atoms with Gasteiger partial charge in [0.1, 0.15) is 0 Å². The van der Waals surface area contributed by atoms with Crippen molar-refractivity contribution < 1.29 is 18.7 Å². The molecular formula is C12H15F2NO2. The minimum Gasteiger partial charge on any atom is -0.395 e. The summed E-state index contributed by atoms with van der Waals surface area (Å²) in [5, 5.41) is 8.76. The highest BCUT2D eigenvalue weighted by Gasteiger charge is 2.20. The number of ketones is 1. The molecule has 0 saturated carbocycles. The first-order valence-electron chi connectivity index (χ1n) is 5.27. The highest BCUT2D eigenvalue weighted by Crippen LogP contribution is 2.12. The number of aliphatic hydroxyl groups excluding tert-OH is 1. The maximum Gasteiger partial charge on any atom is 0.179 e. The van der Waals surface area contributed by atoms with Crippen molar-refractivity contribution in [2.75, 3.05) is 20.2 Å². The van der Waals surface area contributed by atoms with E-state index in [1.54, 1.807) is 18.9 Å². The van der Waals surface area contributed by atoms with E-state index in [-0.39, 0.29) is 18.0 Å². The summed E-state index contributed by atoms with van der Waals surface area (Å²) in [6.45, 7) is 1.93. The minimum absolute atomic E-state index is 0.0636. The molecule has 1 rings (SSSR count). The molecule has 0 aliphatic heterocycles. The fourth-order valence-corrected chi connectivity index (χ4v) is 1.44. The van der Waals surface area contributed by atoms with Gasteiger partial charge in [-0.2, -0.15) is 0 Å². The van der Waals surface area contributed by atoms with Crippen molar-refractivity contribution in [3.8, 4) is 0 Å². The predicted molar refractivity (Wildman–Crippen MR) is 59.9 cm³/mol. The summed E-state index contributed by atoms with van der Waals surface area (Å²) in [6, 6.07) is 2.58. The normalized spacial score (nSPS) is 12.8. The molecule has 3 nitrogen and oxygen atoms in total. The van der Waals surface area contributed by atoms with Gasteiger partial charge in [-0.3, -0.25) is 9.69 Å². The van der Waals surface area contributed by atoms with Crippen LogP contribution in [0.1, 0.15) is 17.3 Å². The molecule has 94 valence electrons. The number of rotatable bonds is 5. The van der Waals surface area contributed by atoms with E-state index in [0.717, 1.165) is 12.1 Å². The zero-order chi connectivity index (χ0) is 13.0. The Bertz CT molecular complexity index is 409. The van der Waals surface area contributed by atoms with Crippen molar-refractivity contribution in [1.82, 2.24) is 4.90 Å². The van der Waals surface area contributed by atoms with Crippen LogP contribution < -0.4 is 0 Å². The summed E-state index contributed by atoms with van der Waals surface area (Å²) in [6.07, 6.45) is 0. The summed E-state index contributed by atoms with van der Waals surface area (Å²) in [5.41, 5.74) is 0.126. The van der Waals surface area contributed by atoms with E-state index in [9.17, 15) is 13.6 Å². The molecule has 1 N–H and O–H groups in total. The predicted octanol–water partition coefficient (Wildman–Crippen LogP) is 1.46. The second-order valence-electron chi connectivity index (χ2n) is 3.87. The maximum absolute atomic E-state index is 13.0. The van der Waals surface area contributed by atoms with E-state index in [1.807, 2.05) is 0 Å². The van der Waals surface area contributed by atoms with Crippen molar-refractivity contribution in [3.63, 3.8) is 0 Å². The number of carbonyl (C=O) groups is 1. The Morgan fingerprint density at radius 1 is 1.41 bits per heavy atom. The molecule has 17 heavy (non-hydrogen) atoms. The minimum atomic E-state index is -1.03. The highest BCUT2D eigenvalue weighted by molar-refractivity contribution is 5.99. The fraction of sp³-hybridized carbons (Fsp3) is 0.417. The van der Waals surface area contributed by atoms with Crippen LogP contribution in [0.5, 0.6) is 0 Å². The van der Waals surface area contributed by atoms with Gasteiger partial charge in [0.2, 0.25) is 0 Å². The number of benzene rings is 1. The standard InChI is InChI=1S/C12H15F2NO2/c1-8(15(2)5-6-16)12(17)9-3-4-10(13)11(14)7-9/h3-4,7-8,16H,5-6H2,1-2H3. The Labute approximate surface area is 98.7 Å². The molecule has 1 aromatic rings. The Morgan fingerprint density at radius 2 is 2.06 bits per heavy atom. The zero-order valence-corrected chi connectivity index (χ0v) is 9.78. The lowest BCUT2D eigenvalue weighted by molar-refractivity contribution is 0.0848. The van der Waals surface area contributed by atoms with E-state index >= 15 is 0 Å². The number of hydrogen-bond donors (Lipinski definition) is 1. The largest absolute Gasteiger partial charge is 0.395 e. The van der Waals surface area contributed by atoms with E-state index in [0.29, 0.717) is 6.54 Å².